The summed E-state index contributed by atoms with van der Waals surface area (Å²) in [5, 5.41) is 0. The first-order valence-electron chi connectivity index (χ1n) is 5.31. The van der Waals surface area contributed by atoms with Gasteiger partial charge in [0.15, 0.2) is 5.82 Å². The summed E-state index contributed by atoms with van der Waals surface area (Å²) in [5.74, 6) is 1.66. The Morgan fingerprint density at radius 3 is 2.88 bits per heavy atom. The molecular formula is C13H11N3O. The molecule has 0 aromatic carbocycles. The van der Waals surface area contributed by atoms with Gasteiger partial charge in [-0.25, -0.2) is 4.98 Å². The predicted octanol–water partition coefficient (Wildman–Crippen LogP) is 2.40. The number of imidazole rings is 1. The highest BCUT2D eigenvalue weighted by molar-refractivity contribution is 5.60. The van der Waals surface area contributed by atoms with Gasteiger partial charge in [0.2, 0.25) is 0 Å². The number of ether oxygens (including phenoxy) is 1. The minimum Gasteiger partial charge on any atom is -0.497 e. The second-order valence-corrected chi connectivity index (χ2v) is 3.66. The first-order valence-corrected chi connectivity index (χ1v) is 5.31. The van der Waals surface area contributed by atoms with Gasteiger partial charge < -0.3 is 4.74 Å². The third-order valence-corrected chi connectivity index (χ3v) is 2.63. The summed E-state index contributed by atoms with van der Waals surface area (Å²) in [4.78, 5) is 8.69. The summed E-state index contributed by atoms with van der Waals surface area (Å²) in [6.45, 7) is 0. The quantitative estimate of drug-likeness (QED) is 0.672. The van der Waals surface area contributed by atoms with Gasteiger partial charge in [0, 0.05) is 18.5 Å². The number of rotatable bonds is 2. The zero-order valence-electron chi connectivity index (χ0n) is 9.37. The van der Waals surface area contributed by atoms with Crippen molar-refractivity contribution in [2.24, 2.45) is 0 Å². The van der Waals surface area contributed by atoms with Gasteiger partial charge in [-0.15, -0.1) is 0 Å². The van der Waals surface area contributed by atoms with Gasteiger partial charge in [0.1, 0.15) is 11.4 Å². The predicted molar refractivity (Wildman–Crippen MR) is 65.0 cm³/mol. The van der Waals surface area contributed by atoms with E-state index in [2.05, 4.69) is 9.97 Å². The van der Waals surface area contributed by atoms with Crippen molar-refractivity contribution < 1.29 is 4.74 Å². The monoisotopic (exact) mass is 225 g/mol. The van der Waals surface area contributed by atoms with Crippen LogP contribution in [0.15, 0.2) is 48.9 Å². The molecule has 3 heterocycles. The molecule has 0 aliphatic rings. The first kappa shape index (κ1) is 9.84. The molecule has 84 valence electrons. The van der Waals surface area contributed by atoms with E-state index < -0.39 is 0 Å². The lowest BCUT2D eigenvalue weighted by atomic mass is 10.3. The van der Waals surface area contributed by atoms with E-state index in [-0.39, 0.29) is 0 Å². The van der Waals surface area contributed by atoms with Crippen molar-refractivity contribution in [3.63, 3.8) is 0 Å². The van der Waals surface area contributed by atoms with Crippen LogP contribution in [0, 0.1) is 0 Å². The Bertz CT molecular complexity index is 646. The van der Waals surface area contributed by atoms with E-state index in [0.717, 1.165) is 22.8 Å². The maximum Gasteiger partial charge on any atom is 0.163 e. The van der Waals surface area contributed by atoms with Gasteiger partial charge in [0.25, 0.3) is 0 Å². The van der Waals surface area contributed by atoms with Crippen LogP contribution in [0.5, 0.6) is 5.75 Å². The first-order chi connectivity index (χ1) is 8.38. The molecule has 0 fully saturated rings. The van der Waals surface area contributed by atoms with E-state index in [9.17, 15) is 0 Å². The second kappa shape index (κ2) is 3.90. The lowest BCUT2D eigenvalue weighted by Gasteiger charge is -2.02. The Labute approximate surface area is 98.5 Å². The van der Waals surface area contributed by atoms with Crippen LogP contribution in [0.3, 0.4) is 0 Å². The molecule has 0 aliphatic carbocycles. The molecular weight excluding hydrogens is 214 g/mol. The number of hydrogen-bond acceptors (Lipinski definition) is 3. The summed E-state index contributed by atoms with van der Waals surface area (Å²) in [7, 11) is 1.65. The summed E-state index contributed by atoms with van der Waals surface area (Å²) < 4.78 is 7.17. The number of pyridine rings is 2. The highest BCUT2D eigenvalue weighted by Gasteiger charge is 2.07. The molecule has 17 heavy (non-hydrogen) atoms. The lowest BCUT2D eigenvalue weighted by Crippen LogP contribution is -1.92. The van der Waals surface area contributed by atoms with Crippen LogP contribution in [0.1, 0.15) is 0 Å². The smallest absolute Gasteiger partial charge is 0.163 e. The minimum absolute atomic E-state index is 0.824. The van der Waals surface area contributed by atoms with Crippen LogP contribution in [-0.4, -0.2) is 21.5 Å². The molecule has 0 N–H and O–H groups in total. The van der Waals surface area contributed by atoms with Crippen LogP contribution in [0.4, 0.5) is 0 Å². The Hall–Kier alpha value is -2.36. The van der Waals surface area contributed by atoms with Crippen LogP contribution in [0.2, 0.25) is 0 Å². The molecule has 4 nitrogen and oxygen atoms in total. The number of fused-ring (bicyclic) bond motifs is 1. The minimum atomic E-state index is 0.824. The highest BCUT2D eigenvalue weighted by Crippen LogP contribution is 2.20. The fourth-order valence-corrected chi connectivity index (χ4v) is 1.79. The molecule has 3 rings (SSSR count). The third kappa shape index (κ3) is 1.63. The summed E-state index contributed by atoms with van der Waals surface area (Å²) in [5.41, 5.74) is 1.85. The Balaban J connectivity index is 2.19. The van der Waals surface area contributed by atoms with Crippen LogP contribution in [-0.2, 0) is 0 Å². The van der Waals surface area contributed by atoms with Gasteiger partial charge in [-0.05, 0) is 18.2 Å². The third-order valence-electron chi connectivity index (χ3n) is 2.63. The molecule has 0 amide bonds. The molecule has 0 radical (unpaired) electrons. The molecule has 0 saturated heterocycles. The largest absolute Gasteiger partial charge is 0.497 e. The average molecular weight is 225 g/mol. The van der Waals surface area contributed by atoms with E-state index in [0.29, 0.717) is 0 Å². The fourth-order valence-electron chi connectivity index (χ4n) is 1.79. The van der Waals surface area contributed by atoms with Crippen molar-refractivity contribution in [2.75, 3.05) is 7.11 Å². The summed E-state index contributed by atoms with van der Waals surface area (Å²) >= 11 is 0. The van der Waals surface area contributed by atoms with Crippen molar-refractivity contribution in [1.82, 2.24) is 14.4 Å². The molecule has 0 spiro atoms. The second-order valence-electron chi connectivity index (χ2n) is 3.66. The van der Waals surface area contributed by atoms with Crippen LogP contribution >= 0.6 is 0 Å². The highest BCUT2D eigenvalue weighted by atomic mass is 16.5. The van der Waals surface area contributed by atoms with E-state index in [4.69, 9.17) is 4.74 Å². The molecule has 3 aromatic rings. The number of methoxy groups -OCH3 is 1. The van der Waals surface area contributed by atoms with Gasteiger partial charge in [-0.2, -0.15) is 0 Å². The normalized spacial score (nSPS) is 10.6. The standard InChI is InChI=1S/C13H11N3O/c1-17-11-5-7-16-10(8-11)9-15-13(16)12-4-2-3-6-14-12/h2-9H,1H3. The summed E-state index contributed by atoms with van der Waals surface area (Å²) in [6, 6.07) is 9.63. The van der Waals surface area contributed by atoms with E-state index in [1.165, 1.54) is 0 Å². The zero-order chi connectivity index (χ0) is 11.7. The molecule has 4 heteroatoms. The van der Waals surface area contributed by atoms with Crippen molar-refractivity contribution in [2.45, 2.75) is 0 Å². The van der Waals surface area contributed by atoms with Crippen LogP contribution < -0.4 is 4.74 Å². The van der Waals surface area contributed by atoms with Crippen molar-refractivity contribution in [3.05, 3.63) is 48.9 Å². The molecule has 0 saturated carbocycles. The molecule has 3 aromatic heterocycles. The van der Waals surface area contributed by atoms with Gasteiger partial charge in [-0.3, -0.25) is 9.38 Å². The van der Waals surface area contributed by atoms with E-state index >= 15 is 0 Å². The van der Waals surface area contributed by atoms with Crippen molar-refractivity contribution in [1.29, 1.82) is 0 Å². The van der Waals surface area contributed by atoms with Gasteiger partial charge in [-0.1, -0.05) is 6.07 Å². The topological polar surface area (TPSA) is 39.4 Å². The Morgan fingerprint density at radius 2 is 2.12 bits per heavy atom. The van der Waals surface area contributed by atoms with Crippen molar-refractivity contribution >= 4 is 5.52 Å². The van der Waals surface area contributed by atoms with E-state index in [1.807, 2.05) is 47.1 Å². The summed E-state index contributed by atoms with van der Waals surface area (Å²) in [6.07, 6.45) is 5.51. The molecule has 0 atom stereocenters. The van der Waals surface area contributed by atoms with Crippen molar-refractivity contribution in [3.8, 4) is 17.3 Å². The maximum absolute atomic E-state index is 5.18. The fraction of sp³-hybridized carbons (Fsp3) is 0.0769. The SMILES string of the molecule is COc1ccn2c(-c3ccccn3)ncc2c1. The zero-order valence-corrected chi connectivity index (χ0v) is 9.37. The Morgan fingerprint density at radius 1 is 1.18 bits per heavy atom. The van der Waals surface area contributed by atoms with Gasteiger partial charge >= 0.3 is 0 Å². The molecule has 0 bridgehead atoms. The van der Waals surface area contributed by atoms with Gasteiger partial charge in [0.05, 0.1) is 18.8 Å². The lowest BCUT2D eigenvalue weighted by molar-refractivity contribution is 0.414. The molecule has 0 unspecified atom stereocenters. The average Bonchev–Trinajstić information content (AvgIpc) is 2.82. The maximum atomic E-state index is 5.18. The van der Waals surface area contributed by atoms with E-state index in [1.54, 1.807) is 13.3 Å². The Kier molecular flexibility index (Phi) is 2.26. The van der Waals surface area contributed by atoms with Crippen LogP contribution in [0.25, 0.3) is 17.0 Å². The number of aromatic nitrogens is 3. The number of hydrogen-bond donors (Lipinski definition) is 0. The number of nitrogens with zero attached hydrogens (tertiary/aromatic N) is 3. The molecule has 0 aliphatic heterocycles.